The van der Waals surface area contributed by atoms with Crippen molar-refractivity contribution in [2.75, 3.05) is 13.1 Å². The molecule has 0 unspecified atom stereocenters. The molecule has 1 aliphatic heterocycles. The van der Waals surface area contributed by atoms with Crippen LogP contribution >= 0.6 is 12.4 Å². The number of benzene rings is 1. The minimum Gasteiger partial charge on any atom is -0.343 e. The van der Waals surface area contributed by atoms with Gasteiger partial charge in [-0.1, -0.05) is 18.2 Å². The Morgan fingerprint density at radius 2 is 2.00 bits per heavy atom. The van der Waals surface area contributed by atoms with Crippen molar-refractivity contribution in [3.05, 3.63) is 35.5 Å². The van der Waals surface area contributed by atoms with Gasteiger partial charge in [-0.25, -0.2) is 0 Å². The van der Waals surface area contributed by atoms with Gasteiger partial charge in [-0.15, -0.1) is 12.4 Å². The van der Waals surface area contributed by atoms with Crippen molar-refractivity contribution in [1.82, 2.24) is 9.88 Å². The summed E-state index contributed by atoms with van der Waals surface area (Å²) in [6.07, 6.45) is 1.15. The Labute approximate surface area is 102 Å². The second-order valence-corrected chi connectivity index (χ2v) is 4.24. The van der Waals surface area contributed by atoms with Crippen LogP contribution in [0.4, 0.5) is 0 Å². The predicted octanol–water partition coefficient (Wildman–Crippen LogP) is 2.52. The summed E-state index contributed by atoms with van der Waals surface area (Å²) in [5.74, 6) is 0. The van der Waals surface area contributed by atoms with E-state index in [1.54, 1.807) is 0 Å². The molecule has 3 rings (SSSR count). The Morgan fingerprint density at radius 3 is 2.88 bits per heavy atom. The summed E-state index contributed by atoms with van der Waals surface area (Å²) in [5, 5.41) is 4.88. The summed E-state index contributed by atoms with van der Waals surface area (Å²) in [6.45, 7) is 5.55. The van der Waals surface area contributed by atoms with Crippen LogP contribution in [0, 0.1) is 6.92 Å². The molecule has 0 radical (unpaired) electrons. The van der Waals surface area contributed by atoms with Crippen molar-refractivity contribution in [2.24, 2.45) is 0 Å². The highest BCUT2D eigenvalue weighted by Crippen LogP contribution is 2.26. The number of nitrogens with zero attached hydrogens (tertiary/aromatic N) is 1. The lowest BCUT2D eigenvalue weighted by Gasteiger charge is -2.05. The van der Waals surface area contributed by atoms with Crippen molar-refractivity contribution >= 4 is 23.3 Å². The van der Waals surface area contributed by atoms with Gasteiger partial charge < -0.3 is 9.88 Å². The molecule has 2 heterocycles. The maximum atomic E-state index is 3.45. The Kier molecular flexibility index (Phi) is 3.22. The zero-order valence-corrected chi connectivity index (χ0v) is 10.3. The van der Waals surface area contributed by atoms with Crippen LogP contribution in [0.5, 0.6) is 0 Å². The van der Waals surface area contributed by atoms with E-state index in [1.807, 2.05) is 0 Å². The summed E-state index contributed by atoms with van der Waals surface area (Å²) in [7, 11) is 0. The van der Waals surface area contributed by atoms with Crippen LogP contribution < -0.4 is 5.32 Å². The Hall–Kier alpha value is -0.990. The summed E-state index contributed by atoms with van der Waals surface area (Å²) < 4.78 is 2.48. The molecule has 1 aromatic heterocycles. The normalized spacial score (nSPS) is 15.3. The molecular formula is C13H17ClN2. The standard InChI is InChI=1S/C13H16N2.ClH/c1-10-11-4-2-3-5-13(11)15-9-8-14-7-6-12(10)15;/h2-5,14H,6-9H2,1H3;1H. The molecule has 0 aliphatic carbocycles. The quantitative estimate of drug-likeness (QED) is 0.744. The lowest BCUT2D eigenvalue weighted by Crippen LogP contribution is -2.17. The SMILES string of the molecule is Cc1c2n(c3ccccc13)CCNCC2.Cl. The van der Waals surface area contributed by atoms with Gasteiger partial charge in [-0.3, -0.25) is 0 Å². The third-order valence-electron chi connectivity index (χ3n) is 3.41. The molecule has 16 heavy (non-hydrogen) atoms. The van der Waals surface area contributed by atoms with Gasteiger partial charge in [0, 0.05) is 42.7 Å². The average molecular weight is 237 g/mol. The fraction of sp³-hybridized carbons (Fsp3) is 0.385. The molecule has 1 aliphatic rings. The highest BCUT2D eigenvalue weighted by atomic mass is 35.5. The molecule has 0 spiro atoms. The topological polar surface area (TPSA) is 17.0 Å². The van der Waals surface area contributed by atoms with E-state index in [9.17, 15) is 0 Å². The Bertz CT molecular complexity index is 502. The number of aromatic nitrogens is 1. The molecule has 86 valence electrons. The maximum absolute atomic E-state index is 3.45. The van der Waals surface area contributed by atoms with Gasteiger partial charge in [0.05, 0.1) is 0 Å². The van der Waals surface area contributed by atoms with E-state index in [-0.39, 0.29) is 12.4 Å². The highest BCUT2D eigenvalue weighted by Gasteiger charge is 2.14. The zero-order chi connectivity index (χ0) is 10.3. The molecule has 1 N–H and O–H groups in total. The molecule has 0 amide bonds. The van der Waals surface area contributed by atoms with Gasteiger partial charge in [0.2, 0.25) is 0 Å². The van der Waals surface area contributed by atoms with Crippen molar-refractivity contribution < 1.29 is 0 Å². The summed E-state index contributed by atoms with van der Waals surface area (Å²) in [6, 6.07) is 8.73. The first-order valence-electron chi connectivity index (χ1n) is 5.65. The number of hydrogen-bond acceptors (Lipinski definition) is 1. The van der Waals surface area contributed by atoms with Gasteiger partial charge >= 0.3 is 0 Å². The molecule has 0 atom stereocenters. The lowest BCUT2D eigenvalue weighted by atomic mass is 10.1. The summed E-state index contributed by atoms with van der Waals surface area (Å²) >= 11 is 0. The molecular weight excluding hydrogens is 220 g/mol. The Balaban J connectivity index is 0.000000963. The Morgan fingerprint density at radius 1 is 1.19 bits per heavy atom. The zero-order valence-electron chi connectivity index (χ0n) is 9.49. The average Bonchev–Trinajstić information content (AvgIpc) is 2.48. The van der Waals surface area contributed by atoms with E-state index in [0.29, 0.717) is 0 Å². The summed E-state index contributed by atoms with van der Waals surface area (Å²) in [4.78, 5) is 0. The number of fused-ring (bicyclic) bond motifs is 3. The van der Waals surface area contributed by atoms with Crippen molar-refractivity contribution in [1.29, 1.82) is 0 Å². The van der Waals surface area contributed by atoms with E-state index < -0.39 is 0 Å². The molecule has 2 aromatic rings. The van der Waals surface area contributed by atoms with Crippen LogP contribution in [0.1, 0.15) is 11.3 Å². The lowest BCUT2D eigenvalue weighted by molar-refractivity contribution is 0.658. The first-order valence-corrected chi connectivity index (χ1v) is 5.65. The van der Waals surface area contributed by atoms with Gasteiger partial charge in [0.25, 0.3) is 0 Å². The van der Waals surface area contributed by atoms with Crippen LogP contribution in [0.3, 0.4) is 0 Å². The second-order valence-electron chi connectivity index (χ2n) is 4.24. The molecule has 2 nitrogen and oxygen atoms in total. The van der Waals surface area contributed by atoms with Gasteiger partial charge in [0.1, 0.15) is 0 Å². The van der Waals surface area contributed by atoms with E-state index >= 15 is 0 Å². The van der Waals surface area contributed by atoms with Crippen LogP contribution in [0.15, 0.2) is 24.3 Å². The number of rotatable bonds is 0. The van der Waals surface area contributed by atoms with E-state index in [4.69, 9.17) is 0 Å². The molecule has 3 heteroatoms. The van der Waals surface area contributed by atoms with Crippen LogP contribution in [0.2, 0.25) is 0 Å². The third-order valence-corrected chi connectivity index (χ3v) is 3.41. The molecule has 0 saturated carbocycles. The maximum Gasteiger partial charge on any atom is 0.0485 e. The number of hydrogen-bond donors (Lipinski definition) is 1. The van der Waals surface area contributed by atoms with Gasteiger partial charge in [-0.2, -0.15) is 0 Å². The number of halogens is 1. The van der Waals surface area contributed by atoms with Gasteiger partial charge in [-0.05, 0) is 18.6 Å². The van der Waals surface area contributed by atoms with Crippen LogP contribution in [-0.2, 0) is 13.0 Å². The summed E-state index contributed by atoms with van der Waals surface area (Å²) in [5.41, 5.74) is 4.38. The number of para-hydroxylation sites is 1. The third kappa shape index (κ3) is 1.62. The number of nitrogens with one attached hydrogen (secondary N) is 1. The number of aryl methyl sites for hydroxylation is 1. The minimum atomic E-state index is 0. The molecule has 0 bridgehead atoms. The highest BCUT2D eigenvalue weighted by molar-refractivity contribution is 5.85. The van der Waals surface area contributed by atoms with Crippen molar-refractivity contribution in [3.63, 3.8) is 0 Å². The van der Waals surface area contributed by atoms with Crippen LogP contribution in [0.25, 0.3) is 10.9 Å². The largest absolute Gasteiger partial charge is 0.343 e. The first-order chi connectivity index (χ1) is 7.38. The molecule has 1 aromatic carbocycles. The first kappa shape index (κ1) is 11.5. The minimum absolute atomic E-state index is 0. The van der Waals surface area contributed by atoms with Crippen molar-refractivity contribution in [3.8, 4) is 0 Å². The van der Waals surface area contributed by atoms with E-state index in [1.165, 1.54) is 22.2 Å². The fourth-order valence-electron chi connectivity index (χ4n) is 2.63. The smallest absolute Gasteiger partial charge is 0.0485 e. The molecule has 0 fully saturated rings. The van der Waals surface area contributed by atoms with Crippen molar-refractivity contribution in [2.45, 2.75) is 19.9 Å². The van der Waals surface area contributed by atoms with Crippen LogP contribution in [-0.4, -0.2) is 17.7 Å². The second kappa shape index (κ2) is 4.48. The predicted molar refractivity (Wildman–Crippen MR) is 70.5 cm³/mol. The van der Waals surface area contributed by atoms with Gasteiger partial charge in [0.15, 0.2) is 0 Å². The molecule has 0 saturated heterocycles. The fourth-order valence-corrected chi connectivity index (χ4v) is 2.63. The monoisotopic (exact) mass is 236 g/mol. The van der Waals surface area contributed by atoms with E-state index in [2.05, 4.69) is 41.1 Å². The van der Waals surface area contributed by atoms with E-state index in [0.717, 1.165) is 26.1 Å².